The van der Waals surface area contributed by atoms with Gasteiger partial charge in [-0.25, -0.2) is 0 Å². The van der Waals surface area contributed by atoms with Crippen LogP contribution in [0.3, 0.4) is 0 Å². The highest BCUT2D eigenvalue weighted by Crippen LogP contribution is 2.37. The lowest BCUT2D eigenvalue weighted by Crippen LogP contribution is -2.07. The van der Waals surface area contributed by atoms with Crippen molar-refractivity contribution in [3.8, 4) is 0 Å². The summed E-state index contributed by atoms with van der Waals surface area (Å²) < 4.78 is 0. The van der Waals surface area contributed by atoms with Crippen molar-refractivity contribution in [2.45, 2.75) is 23.8 Å². The minimum atomic E-state index is 0.378. The number of fused-ring (bicyclic) bond motifs is 1. The predicted octanol–water partition coefficient (Wildman–Crippen LogP) is 5.72. The summed E-state index contributed by atoms with van der Waals surface area (Å²) in [4.78, 5) is 1.28. The molecule has 2 aromatic carbocycles. The van der Waals surface area contributed by atoms with E-state index < -0.39 is 0 Å². The summed E-state index contributed by atoms with van der Waals surface area (Å²) >= 11 is 7.89. The quantitative estimate of drug-likeness (QED) is 0.559. The molecule has 108 valence electrons. The van der Waals surface area contributed by atoms with E-state index in [2.05, 4.69) is 48.3 Å². The lowest BCUT2D eigenvalue weighted by atomic mass is 10.1. The first-order valence-electron chi connectivity index (χ1n) is 7.15. The number of nitrogens with one attached hydrogen (secondary N) is 1. The average Bonchev–Trinajstić information content (AvgIpc) is 2.88. The van der Waals surface area contributed by atoms with Crippen molar-refractivity contribution >= 4 is 29.1 Å². The van der Waals surface area contributed by atoms with Crippen LogP contribution in [0.15, 0.2) is 60.0 Å². The second kappa shape index (κ2) is 6.59. The van der Waals surface area contributed by atoms with Crippen LogP contribution in [0, 0.1) is 0 Å². The SMILES string of the molecule is C=CCSc1ccccc1NC1CCc2cc(Cl)ccc21. The second-order valence-corrected chi connectivity index (χ2v) is 6.67. The summed E-state index contributed by atoms with van der Waals surface area (Å²) in [5.41, 5.74) is 3.95. The molecule has 1 atom stereocenters. The van der Waals surface area contributed by atoms with Gasteiger partial charge in [-0.3, -0.25) is 0 Å². The monoisotopic (exact) mass is 315 g/mol. The highest BCUT2D eigenvalue weighted by Gasteiger charge is 2.22. The molecule has 3 rings (SSSR count). The summed E-state index contributed by atoms with van der Waals surface area (Å²) in [5, 5.41) is 4.53. The van der Waals surface area contributed by atoms with E-state index in [0.717, 1.165) is 23.6 Å². The maximum Gasteiger partial charge on any atom is 0.0520 e. The fourth-order valence-corrected chi connectivity index (χ4v) is 3.73. The molecule has 0 saturated heterocycles. The Morgan fingerprint density at radius 2 is 2.14 bits per heavy atom. The van der Waals surface area contributed by atoms with Crippen molar-refractivity contribution in [2.75, 3.05) is 11.1 Å². The molecule has 0 amide bonds. The smallest absolute Gasteiger partial charge is 0.0520 e. The van der Waals surface area contributed by atoms with Crippen LogP contribution in [-0.4, -0.2) is 5.75 Å². The number of halogens is 1. The molecule has 3 heteroatoms. The normalized spacial score (nSPS) is 16.5. The van der Waals surface area contributed by atoms with Gasteiger partial charge in [0.25, 0.3) is 0 Å². The van der Waals surface area contributed by atoms with E-state index in [4.69, 9.17) is 11.6 Å². The number of thioether (sulfide) groups is 1. The highest BCUT2D eigenvalue weighted by molar-refractivity contribution is 7.99. The van der Waals surface area contributed by atoms with Gasteiger partial charge < -0.3 is 5.32 Å². The lowest BCUT2D eigenvalue weighted by molar-refractivity contribution is 0.759. The molecule has 2 aromatic rings. The summed E-state index contributed by atoms with van der Waals surface area (Å²) in [6, 6.07) is 15.1. The van der Waals surface area contributed by atoms with Gasteiger partial charge in [-0.15, -0.1) is 18.3 Å². The number of aryl methyl sites for hydroxylation is 1. The third-order valence-corrected chi connectivity index (χ3v) is 5.06. The number of para-hydroxylation sites is 1. The number of hydrogen-bond acceptors (Lipinski definition) is 2. The number of anilines is 1. The molecule has 1 aliphatic rings. The van der Waals surface area contributed by atoms with Gasteiger partial charge in [0.2, 0.25) is 0 Å². The minimum absolute atomic E-state index is 0.378. The topological polar surface area (TPSA) is 12.0 Å². The molecule has 0 aliphatic heterocycles. The molecular weight excluding hydrogens is 298 g/mol. The van der Waals surface area contributed by atoms with Gasteiger partial charge in [0.15, 0.2) is 0 Å². The van der Waals surface area contributed by atoms with Gasteiger partial charge in [0.05, 0.1) is 6.04 Å². The Morgan fingerprint density at radius 3 is 3.00 bits per heavy atom. The maximum absolute atomic E-state index is 6.08. The molecule has 0 heterocycles. The van der Waals surface area contributed by atoms with Crippen LogP contribution in [0.5, 0.6) is 0 Å². The molecule has 0 saturated carbocycles. The van der Waals surface area contributed by atoms with E-state index in [0.29, 0.717) is 6.04 Å². The van der Waals surface area contributed by atoms with Crippen LogP contribution in [0.25, 0.3) is 0 Å². The first-order chi connectivity index (χ1) is 10.3. The lowest BCUT2D eigenvalue weighted by Gasteiger charge is -2.18. The van der Waals surface area contributed by atoms with Crippen molar-refractivity contribution < 1.29 is 0 Å². The molecular formula is C18H18ClNS. The molecule has 1 nitrogen and oxygen atoms in total. The Labute approximate surface area is 135 Å². The zero-order valence-corrected chi connectivity index (χ0v) is 13.4. The number of rotatable bonds is 5. The molecule has 0 radical (unpaired) electrons. The second-order valence-electron chi connectivity index (χ2n) is 5.17. The Bertz CT molecular complexity index is 653. The fourth-order valence-electron chi connectivity index (χ4n) is 2.78. The van der Waals surface area contributed by atoms with Crippen molar-refractivity contribution in [2.24, 2.45) is 0 Å². The first kappa shape index (κ1) is 14.6. The zero-order chi connectivity index (χ0) is 14.7. The first-order valence-corrected chi connectivity index (χ1v) is 8.52. The average molecular weight is 316 g/mol. The fraction of sp³-hybridized carbons (Fsp3) is 0.222. The van der Waals surface area contributed by atoms with E-state index in [1.807, 2.05) is 23.9 Å². The van der Waals surface area contributed by atoms with Gasteiger partial charge >= 0.3 is 0 Å². The van der Waals surface area contributed by atoms with E-state index in [1.54, 1.807) is 0 Å². The molecule has 0 spiro atoms. The van der Waals surface area contributed by atoms with Gasteiger partial charge in [-0.05, 0) is 48.2 Å². The van der Waals surface area contributed by atoms with Gasteiger partial charge in [0.1, 0.15) is 0 Å². The van der Waals surface area contributed by atoms with E-state index in [9.17, 15) is 0 Å². The van der Waals surface area contributed by atoms with E-state index >= 15 is 0 Å². The molecule has 1 unspecified atom stereocenters. The summed E-state index contributed by atoms with van der Waals surface area (Å²) in [6.07, 6.45) is 4.15. The van der Waals surface area contributed by atoms with Crippen LogP contribution in [0.1, 0.15) is 23.6 Å². The number of hydrogen-bond donors (Lipinski definition) is 1. The molecule has 21 heavy (non-hydrogen) atoms. The van der Waals surface area contributed by atoms with Crippen LogP contribution in [-0.2, 0) is 6.42 Å². The summed E-state index contributed by atoms with van der Waals surface area (Å²) in [7, 11) is 0. The van der Waals surface area contributed by atoms with Crippen molar-refractivity contribution in [1.29, 1.82) is 0 Å². The highest BCUT2D eigenvalue weighted by atomic mass is 35.5. The van der Waals surface area contributed by atoms with Gasteiger partial charge in [-0.2, -0.15) is 0 Å². The zero-order valence-electron chi connectivity index (χ0n) is 11.8. The van der Waals surface area contributed by atoms with Gasteiger partial charge in [-0.1, -0.05) is 35.9 Å². The molecule has 0 bridgehead atoms. The Kier molecular flexibility index (Phi) is 4.57. The van der Waals surface area contributed by atoms with Crippen molar-refractivity contribution in [3.63, 3.8) is 0 Å². The van der Waals surface area contributed by atoms with Crippen molar-refractivity contribution in [3.05, 3.63) is 71.3 Å². The minimum Gasteiger partial charge on any atom is -0.377 e. The van der Waals surface area contributed by atoms with Gasteiger partial charge in [0, 0.05) is 21.4 Å². The van der Waals surface area contributed by atoms with E-state index in [1.165, 1.54) is 21.7 Å². The molecule has 0 fully saturated rings. The molecule has 1 aliphatic carbocycles. The van der Waals surface area contributed by atoms with Crippen LogP contribution >= 0.6 is 23.4 Å². The van der Waals surface area contributed by atoms with Crippen LogP contribution in [0.2, 0.25) is 5.02 Å². The van der Waals surface area contributed by atoms with Crippen molar-refractivity contribution in [1.82, 2.24) is 0 Å². The molecule has 1 N–H and O–H groups in total. The Morgan fingerprint density at radius 1 is 1.29 bits per heavy atom. The predicted molar refractivity (Wildman–Crippen MR) is 93.5 cm³/mol. The van der Waals surface area contributed by atoms with Crippen LogP contribution in [0.4, 0.5) is 5.69 Å². The largest absolute Gasteiger partial charge is 0.377 e. The standard InChI is InChI=1S/C18H18ClNS/c1-2-11-21-18-6-4-3-5-17(18)20-16-10-7-13-12-14(19)8-9-15(13)16/h2-6,8-9,12,16,20H,1,7,10-11H2. The third-order valence-electron chi connectivity index (χ3n) is 3.76. The Balaban J connectivity index is 1.81. The summed E-state index contributed by atoms with van der Waals surface area (Å²) in [6.45, 7) is 3.79. The number of benzene rings is 2. The third kappa shape index (κ3) is 3.28. The van der Waals surface area contributed by atoms with Crippen LogP contribution < -0.4 is 5.32 Å². The summed E-state index contributed by atoms with van der Waals surface area (Å²) in [5.74, 6) is 0.926. The Hall–Kier alpha value is -1.38. The molecule has 0 aromatic heterocycles. The van der Waals surface area contributed by atoms with E-state index in [-0.39, 0.29) is 0 Å². The maximum atomic E-state index is 6.08.